The molecule has 0 amide bonds. The summed E-state index contributed by atoms with van der Waals surface area (Å²) in [6, 6.07) is 0. The minimum atomic E-state index is 0.597. The second-order valence-electron chi connectivity index (χ2n) is 5.09. The van der Waals surface area contributed by atoms with Gasteiger partial charge in [-0.2, -0.15) is 0 Å². The van der Waals surface area contributed by atoms with Crippen LogP contribution in [0.25, 0.3) is 0 Å². The second kappa shape index (κ2) is 4.94. The Morgan fingerprint density at radius 2 is 2.32 bits per heavy atom. The van der Waals surface area contributed by atoms with Crippen LogP contribution in [0.3, 0.4) is 0 Å². The largest absolute Gasteiger partial charge is 0.344 e. The maximum atomic E-state index is 5.83. The molecule has 0 unspecified atom stereocenters. The molecule has 2 N–H and O–H groups in total. The number of nitrogens with zero attached hydrogens (tertiary/aromatic N) is 4. The molecule has 1 aliphatic carbocycles. The molecule has 2 aromatic heterocycles. The fourth-order valence-corrected chi connectivity index (χ4v) is 3.15. The highest BCUT2D eigenvalue weighted by molar-refractivity contribution is 7.15. The first-order valence-electron chi connectivity index (χ1n) is 6.56. The van der Waals surface area contributed by atoms with Crippen LogP contribution < -0.4 is 10.6 Å². The molecule has 2 aromatic rings. The van der Waals surface area contributed by atoms with E-state index in [0.717, 1.165) is 17.5 Å². The maximum Gasteiger partial charge on any atom is 0.185 e. The molecule has 0 aromatic carbocycles. The van der Waals surface area contributed by atoms with Crippen LogP contribution in [0.15, 0.2) is 12.4 Å². The van der Waals surface area contributed by atoms with E-state index in [2.05, 4.69) is 16.9 Å². The zero-order valence-corrected chi connectivity index (χ0v) is 12.2. The van der Waals surface area contributed by atoms with E-state index in [9.17, 15) is 0 Å². The Morgan fingerprint density at radius 1 is 1.53 bits per heavy atom. The van der Waals surface area contributed by atoms with Gasteiger partial charge in [0.15, 0.2) is 5.13 Å². The number of rotatable bonds is 5. The van der Waals surface area contributed by atoms with Gasteiger partial charge in [0.1, 0.15) is 5.82 Å². The minimum Gasteiger partial charge on any atom is -0.344 e. The van der Waals surface area contributed by atoms with Gasteiger partial charge in [0.25, 0.3) is 0 Å². The van der Waals surface area contributed by atoms with Gasteiger partial charge in [-0.25, -0.2) is 9.97 Å². The van der Waals surface area contributed by atoms with Crippen molar-refractivity contribution in [2.75, 3.05) is 11.9 Å². The molecule has 0 bridgehead atoms. The Morgan fingerprint density at radius 3 is 2.89 bits per heavy atom. The van der Waals surface area contributed by atoms with E-state index >= 15 is 0 Å². The van der Waals surface area contributed by atoms with Crippen molar-refractivity contribution in [2.45, 2.75) is 31.8 Å². The summed E-state index contributed by atoms with van der Waals surface area (Å²) >= 11 is 1.72. The third kappa shape index (κ3) is 2.50. The Balaban J connectivity index is 1.79. The number of aryl methyl sites for hydroxylation is 1. The van der Waals surface area contributed by atoms with Gasteiger partial charge in [-0.05, 0) is 12.8 Å². The summed E-state index contributed by atoms with van der Waals surface area (Å²) in [5.74, 6) is 1.70. The summed E-state index contributed by atoms with van der Waals surface area (Å²) in [4.78, 5) is 12.5. The molecule has 5 nitrogen and oxygen atoms in total. The first kappa shape index (κ1) is 12.6. The molecule has 0 radical (unpaired) electrons. The smallest absolute Gasteiger partial charge is 0.185 e. The molecule has 2 heterocycles. The topological polar surface area (TPSA) is 60.0 Å². The van der Waals surface area contributed by atoms with Crippen molar-refractivity contribution in [3.8, 4) is 0 Å². The SMILES string of the molecule is CN(Cc1nccn1C)c1nc(C2CC2)c(CN)s1. The van der Waals surface area contributed by atoms with Crippen LogP contribution in [0.1, 0.15) is 35.2 Å². The molecule has 0 aliphatic heterocycles. The maximum absolute atomic E-state index is 5.83. The van der Waals surface area contributed by atoms with Crippen LogP contribution >= 0.6 is 11.3 Å². The number of anilines is 1. The fraction of sp³-hybridized carbons (Fsp3) is 0.538. The van der Waals surface area contributed by atoms with Gasteiger partial charge < -0.3 is 15.2 Å². The molecule has 19 heavy (non-hydrogen) atoms. The highest BCUT2D eigenvalue weighted by Crippen LogP contribution is 2.44. The fourth-order valence-electron chi connectivity index (χ4n) is 2.16. The molecule has 3 rings (SSSR count). The van der Waals surface area contributed by atoms with Gasteiger partial charge in [0.05, 0.1) is 12.2 Å². The Kier molecular flexibility index (Phi) is 3.28. The van der Waals surface area contributed by atoms with Gasteiger partial charge in [0.2, 0.25) is 0 Å². The number of hydrogen-bond acceptors (Lipinski definition) is 5. The highest BCUT2D eigenvalue weighted by atomic mass is 32.1. The standard InChI is InChI=1S/C13H19N5S/c1-17-6-5-15-11(17)8-18(2)13-16-12(9-3-4-9)10(7-14)19-13/h5-6,9H,3-4,7-8,14H2,1-2H3. The summed E-state index contributed by atoms with van der Waals surface area (Å²) < 4.78 is 2.04. The van der Waals surface area contributed by atoms with Crippen molar-refractivity contribution in [3.05, 3.63) is 28.8 Å². The molecule has 0 spiro atoms. The monoisotopic (exact) mass is 277 g/mol. The van der Waals surface area contributed by atoms with Gasteiger partial charge in [-0.15, -0.1) is 11.3 Å². The predicted molar refractivity (Wildman–Crippen MR) is 77.3 cm³/mol. The van der Waals surface area contributed by atoms with Crippen molar-refractivity contribution in [1.29, 1.82) is 0 Å². The average Bonchev–Trinajstić information content (AvgIpc) is 3.03. The lowest BCUT2D eigenvalue weighted by atomic mass is 10.2. The van der Waals surface area contributed by atoms with Crippen LogP contribution in [0.2, 0.25) is 0 Å². The molecule has 1 fully saturated rings. The molecule has 1 aliphatic rings. The summed E-state index contributed by atoms with van der Waals surface area (Å²) in [5, 5.41) is 1.05. The van der Waals surface area contributed by atoms with Crippen molar-refractivity contribution in [2.24, 2.45) is 12.8 Å². The van der Waals surface area contributed by atoms with Crippen LogP contribution in [0.5, 0.6) is 0 Å². The van der Waals surface area contributed by atoms with Crippen LogP contribution in [-0.2, 0) is 20.1 Å². The van der Waals surface area contributed by atoms with E-state index in [4.69, 9.17) is 10.7 Å². The number of imidazole rings is 1. The lowest BCUT2D eigenvalue weighted by Gasteiger charge is -2.15. The summed E-state index contributed by atoms with van der Waals surface area (Å²) in [7, 11) is 4.07. The molecule has 102 valence electrons. The second-order valence-corrected chi connectivity index (χ2v) is 6.16. The van der Waals surface area contributed by atoms with E-state index in [1.54, 1.807) is 11.3 Å². The van der Waals surface area contributed by atoms with E-state index < -0.39 is 0 Å². The zero-order valence-electron chi connectivity index (χ0n) is 11.3. The number of thiazole rings is 1. The first-order valence-corrected chi connectivity index (χ1v) is 7.37. The van der Waals surface area contributed by atoms with Gasteiger partial charge in [0, 0.05) is 43.8 Å². The van der Waals surface area contributed by atoms with Crippen LogP contribution in [0.4, 0.5) is 5.13 Å². The van der Waals surface area contributed by atoms with Gasteiger partial charge in [-0.1, -0.05) is 0 Å². The number of nitrogens with two attached hydrogens (primary N) is 1. The molecular formula is C13H19N5S. The molecule has 0 atom stereocenters. The van der Waals surface area contributed by atoms with Gasteiger partial charge >= 0.3 is 0 Å². The van der Waals surface area contributed by atoms with Crippen molar-refractivity contribution < 1.29 is 0 Å². The summed E-state index contributed by atoms with van der Waals surface area (Å²) in [6.45, 7) is 1.37. The Hall–Kier alpha value is -1.40. The van der Waals surface area contributed by atoms with E-state index in [1.807, 2.05) is 24.0 Å². The van der Waals surface area contributed by atoms with Crippen molar-refractivity contribution >= 4 is 16.5 Å². The predicted octanol–water partition coefficient (Wildman–Crippen LogP) is 1.85. The average molecular weight is 277 g/mol. The van der Waals surface area contributed by atoms with Gasteiger partial charge in [-0.3, -0.25) is 0 Å². The lowest BCUT2D eigenvalue weighted by molar-refractivity contribution is 0.758. The number of aromatic nitrogens is 3. The van der Waals surface area contributed by atoms with Crippen molar-refractivity contribution in [3.63, 3.8) is 0 Å². The molecule has 6 heteroatoms. The number of hydrogen-bond donors (Lipinski definition) is 1. The molecule has 1 saturated carbocycles. The summed E-state index contributed by atoms with van der Waals surface area (Å²) in [6.07, 6.45) is 6.32. The van der Waals surface area contributed by atoms with Crippen LogP contribution in [0, 0.1) is 0 Å². The Labute approximate surface area is 117 Å². The van der Waals surface area contributed by atoms with E-state index in [-0.39, 0.29) is 0 Å². The van der Waals surface area contributed by atoms with E-state index in [0.29, 0.717) is 12.5 Å². The highest BCUT2D eigenvalue weighted by Gasteiger charge is 2.29. The zero-order chi connectivity index (χ0) is 13.4. The molecule has 0 saturated heterocycles. The third-order valence-corrected chi connectivity index (χ3v) is 4.70. The van der Waals surface area contributed by atoms with E-state index in [1.165, 1.54) is 23.4 Å². The third-order valence-electron chi connectivity index (χ3n) is 3.49. The minimum absolute atomic E-state index is 0.597. The molecular weight excluding hydrogens is 258 g/mol. The van der Waals surface area contributed by atoms with Crippen molar-refractivity contribution in [1.82, 2.24) is 14.5 Å². The quantitative estimate of drug-likeness (QED) is 0.906. The normalized spacial score (nSPS) is 14.9. The Bertz CT molecular complexity index is 569. The van der Waals surface area contributed by atoms with Crippen LogP contribution in [-0.4, -0.2) is 21.6 Å². The first-order chi connectivity index (χ1) is 9.19. The lowest BCUT2D eigenvalue weighted by Crippen LogP contribution is -2.18. The summed E-state index contributed by atoms with van der Waals surface area (Å²) in [5.41, 5.74) is 7.06.